The number of hydrogen-bond acceptors (Lipinski definition) is 6. The third kappa shape index (κ3) is 41.2. The van der Waals surface area contributed by atoms with Crippen LogP contribution in [0.5, 0.6) is 0 Å². The molecule has 0 fully saturated rings. The molecule has 60 heavy (non-hydrogen) atoms. The molecule has 8 nitrogen and oxygen atoms in total. The van der Waals surface area contributed by atoms with Crippen molar-refractivity contribution in [3.8, 4) is 0 Å². The first-order chi connectivity index (χ1) is 29.1. The number of quaternary nitrogens is 1. The van der Waals surface area contributed by atoms with Gasteiger partial charge in [0.25, 0.3) is 0 Å². The van der Waals surface area contributed by atoms with Crippen molar-refractivity contribution < 1.29 is 38.2 Å². The molecule has 0 aromatic rings. The summed E-state index contributed by atoms with van der Waals surface area (Å²) in [5.41, 5.74) is 0. The fourth-order valence-corrected chi connectivity index (χ4v) is 7.65. The van der Waals surface area contributed by atoms with E-state index in [-0.39, 0.29) is 36.2 Å². The van der Waals surface area contributed by atoms with E-state index in [1.54, 1.807) is 0 Å². The Bertz CT molecular complexity index is 1040. The summed E-state index contributed by atoms with van der Waals surface area (Å²) in [5, 5.41) is 9.64. The van der Waals surface area contributed by atoms with Crippen molar-refractivity contribution in [2.75, 3.05) is 41.0 Å². The predicted molar refractivity (Wildman–Crippen MR) is 252 cm³/mol. The largest absolute Gasteiger partial charge is 0.477 e. The van der Waals surface area contributed by atoms with Crippen molar-refractivity contribution in [3.05, 3.63) is 24.3 Å². The third-order valence-electron chi connectivity index (χ3n) is 11.6. The Hall–Kier alpha value is -2.19. The van der Waals surface area contributed by atoms with E-state index >= 15 is 0 Å². The molecule has 0 heterocycles. The van der Waals surface area contributed by atoms with Gasteiger partial charge in [0, 0.05) is 19.3 Å². The first-order valence-corrected chi connectivity index (χ1v) is 25.4. The summed E-state index contributed by atoms with van der Waals surface area (Å²) < 4.78 is 17.3. The zero-order valence-electron chi connectivity index (χ0n) is 40.2. The summed E-state index contributed by atoms with van der Waals surface area (Å²) in [6, 6.07) is -0.613. The Kier molecular flexibility index (Phi) is 41.9. The molecule has 8 heteroatoms. The highest BCUT2D eigenvalue weighted by atomic mass is 16.6. The SMILES string of the molecule is CCCCCCCCCC/C=C/C/C=C/CCCCCCCCCC(=O)OCC(COCCC(C(=O)O)[N+](C)(C)C)OC(=O)CCCCCCCCCCCCCCCC. The second-order valence-electron chi connectivity index (χ2n) is 18.4. The van der Waals surface area contributed by atoms with Gasteiger partial charge in [0.2, 0.25) is 0 Å². The van der Waals surface area contributed by atoms with E-state index in [0.29, 0.717) is 19.3 Å². The summed E-state index contributed by atoms with van der Waals surface area (Å²) in [4.78, 5) is 37.1. The average molecular weight is 849 g/mol. The van der Waals surface area contributed by atoms with Crippen molar-refractivity contribution in [2.45, 2.75) is 251 Å². The van der Waals surface area contributed by atoms with Crippen LogP contribution in [0.3, 0.4) is 0 Å². The van der Waals surface area contributed by atoms with E-state index in [9.17, 15) is 19.5 Å². The normalized spacial score (nSPS) is 13.0. The fourth-order valence-electron chi connectivity index (χ4n) is 7.65. The number of carbonyl (C=O) groups excluding carboxylic acids is 2. The predicted octanol–water partition coefficient (Wildman–Crippen LogP) is 14.4. The Morgan fingerprint density at radius 3 is 1.28 bits per heavy atom. The van der Waals surface area contributed by atoms with Gasteiger partial charge >= 0.3 is 17.9 Å². The van der Waals surface area contributed by atoms with Crippen molar-refractivity contribution >= 4 is 17.9 Å². The van der Waals surface area contributed by atoms with Crippen LogP contribution >= 0.6 is 0 Å². The first-order valence-electron chi connectivity index (χ1n) is 25.4. The number of unbranched alkanes of at least 4 members (excludes halogenated alkanes) is 28. The molecule has 2 unspecified atom stereocenters. The molecule has 0 spiro atoms. The lowest BCUT2D eigenvalue weighted by Crippen LogP contribution is -2.50. The number of rotatable bonds is 46. The maximum Gasteiger partial charge on any atom is 0.362 e. The molecule has 0 rings (SSSR count). The van der Waals surface area contributed by atoms with E-state index in [2.05, 4.69) is 38.2 Å². The second kappa shape index (κ2) is 43.5. The van der Waals surface area contributed by atoms with Gasteiger partial charge in [-0.05, 0) is 44.9 Å². The molecule has 0 radical (unpaired) electrons. The van der Waals surface area contributed by atoms with Gasteiger partial charge in [-0.15, -0.1) is 0 Å². The highest BCUT2D eigenvalue weighted by Crippen LogP contribution is 2.16. The number of hydrogen-bond donors (Lipinski definition) is 1. The van der Waals surface area contributed by atoms with E-state index in [1.807, 2.05) is 21.1 Å². The molecule has 0 aromatic heterocycles. The topological polar surface area (TPSA) is 99.1 Å². The van der Waals surface area contributed by atoms with Crippen molar-refractivity contribution in [1.82, 2.24) is 0 Å². The monoisotopic (exact) mass is 849 g/mol. The van der Waals surface area contributed by atoms with Crippen LogP contribution in [0, 0.1) is 0 Å². The maximum absolute atomic E-state index is 12.8. The molecule has 352 valence electrons. The average Bonchev–Trinajstić information content (AvgIpc) is 3.21. The smallest absolute Gasteiger partial charge is 0.362 e. The molecule has 0 bridgehead atoms. The first kappa shape index (κ1) is 57.8. The Morgan fingerprint density at radius 1 is 0.500 bits per heavy atom. The number of ether oxygens (including phenoxy) is 3. The Labute approximate surface area is 371 Å². The van der Waals surface area contributed by atoms with Crippen LogP contribution < -0.4 is 0 Å². The number of carboxylic acid groups (broad SMARTS) is 1. The molecular formula is C52H98NO7+. The van der Waals surface area contributed by atoms with Crippen LogP contribution in [0.4, 0.5) is 0 Å². The van der Waals surface area contributed by atoms with Crippen LogP contribution in [0.2, 0.25) is 0 Å². The van der Waals surface area contributed by atoms with Gasteiger partial charge < -0.3 is 23.8 Å². The number of nitrogens with zero attached hydrogens (tertiary/aromatic N) is 1. The lowest BCUT2D eigenvalue weighted by Gasteiger charge is -2.31. The zero-order valence-corrected chi connectivity index (χ0v) is 40.2. The van der Waals surface area contributed by atoms with Gasteiger partial charge in [-0.25, -0.2) is 4.79 Å². The van der Waals surface area contributed by atoms with Gasteiger partial charge in [0.1, 0.15) is 6.61 Å². The lowest BCUT2D eigenvalue weighted by atomic mass is 10.0. The van der Waals surface area contributed by atoms with E-state index in [1.165, 1.54) is 154 Å². The molecule has 2 atom stereocenters. The molecular weight excluding hydrogens is 751 g/mol. The quantitative estimate of drug-likeness (QED) is 0.0282. The van der Waals surface area contributed by atoms with Crippen LogP contribution in [0.1, 0.15) is 239 Å². The molecule has 1 N–H and O–H groups in total. The fraction of sp³-hybridized carbons (Fsp3) is 0.865. The number of carboxylic acids is 1. The molecule has 0 saturated heterocycles. The molecule has 0 aliphatic carbocycles. The van der Waals surface area contributed by atoms with Crippen molar-refractivity contribution in [3.63, 3.8) is 0 Å². The molecule has 0 saturated carbocycles. The van der Waals surface area contributed by atoms with Gasteiger partial charge in [-0.1, -0.05) is 199 Å². The highest BCUT2D eigenvalue weighted by molar-refractivity contribution is 5.72. The number of allylic oxidation sites excluding steroid dienone is 4. The highest BCUT2D eigenvalue weighted by Gasteiger charge is 2.31. The van der Waals surface area contributed by atoms with E-state index < -0.39 is 18.1 Å². The van der Waals surface area contributed by atoms with Crippen molar-refractivity contribution in [1.29, 1.82) is 0 Å². The molecule has 0 amide bonds. The van der Waals surface area contributed by atoms with Gasteiger partial charge in [-0.3, -0.25) is 9.59 Å². The van der Waals surface area contributed by atoms with Crippen molar-refractivity contribution in [2.24, 2.45) is 0 Å². The van der Waals surface area contributed by atoms with Crippen LogP contribution in [0.25, 0.3) is 0 Å². The number of esters is 2. The van der Waals surface area contributed by atoms with Crippen LogP contribution in [-0.4, -0.2) is 80.6 Å². The van der Waals surface area contributed by atoms with Crippen LogP contribution in [-0.2, 0) is 28.6 Å². The summed E-state index contributed by atoms with van der Waals surface area (Å²) >= 11 is 0. The third-order valence-corrected chi connectivity index (χ3v) is 11.6. The summed E-state index contributed by atoms with van der Waals surface area (Å²) in [6.45, 7) is 4.76. The molecule has 0 aliphatic rings. The second-order valence-corrected chi connectivity index (χ2v) is 18.4. The van der Waals surface area contributed by atoms with E-state index in [0.717, 1.165) is 51.4 Å². The van der Waals surface area contributed by atoms with Crippen LogP contribution in [0.15, 0.2) is 24.3 Å². The summed E-state index contributed by atoms with van der Waals surface area (Å²) in [5.74, 6) is -1.46. The van der Waals surface area contributed by atoms with Gasteiger partial charge in [0.15, 0.2) is 12.1 Å². The van der Waals surface area contributed by atoms with Gasteiger partial charge in [0.05, 0.1) is 34.4 Å². The minimum Gasteiger partial charge on any atom is -0.477 e. The van der Waals surface area contributed by atoms with E-state index in [4.69, 9.17) is 14.2 Å². The Morgan fingerprint density at radius 2 is 0.883 bits per heavy atom. The maximum atomic E-state index is 12.8. The minimum absolute atomic E-state index is 0.0505. The zero-order chi connectivity index (χ0) is 44.2. The van der Waals surface area contributed by atoms with Gasteiger partial charge in [-0.2, -0.15) is 0 Å². The Balaban J connectivity index is 4.22. The molecule has 0 aromatic carbocycles. The minimum atomic E-state index is -0.873. The number of carbonyl (C=O) groups is 3. The lowest BCUT2D eigenvalue weighted by molar-refractivity contribution is -0.887. The summed E-state index contributed by atoms with van der Waals surface area (Å²) in [6.07, 6.45) is 49.4. The number of aliphatic carboxylic acids is 1. The standard InChI is InChI=1S/C52H97NO7/c1-6-8-10-12-14-16-18-20-22-23-24-25-26-27-28-29-31-32-34-36-38-40-42-50(54)59-47-48(46-58-45-44-49(52(56)57)53(3,4)5)60-51(55)43-41-39-37-35-33-30-21-19-17-15-13-11-9-7-2/h23-24,26-27,48-49H,6-22,25,28-47H2,1-5H3/p+1/b24-23+,27-26+. The number of likely N-dealkylation sites (N-methyl/N-ethyl adjacent to an activating group) is 1. The summed E-state index contributed by atoms with van der Waals surface area (Å²) in [7, 11) is 5.54. The molecule has 0 aliphatic heterocycles.